The first-order valence-electron chi connectivity index (χ1n) is 9.50. The van der Waals surface area contributed by atoms with Crippen molar-refractivity contribution in [3.05, 3.63) is 63.2 Å². The van der Waals surface area contributed by atoms with Gasteiger partial charge in [0.15, 0.2) is 11.5 Å². The molecule has 2 aliphatic rings. The van der Waals surface area contributed by atoms with Gasteiger partial charge in [-0.25, -0.2) is 0 Å². The Morgan fingerprint density at radius 3 is 2.68 bits per heavy atom. The standard InChI is InChI=1S/C21H22N2O5/c1-14-5-6-16(12-18(14)23(25)26)21(24)22-9-2-4-17(22)15-7-8-19-20(13-15)28-11-3-10-27-19/h5-8,12-13,17H,2-4,9-11H2,1H3. The molecule has 4 rings (SSSR count). The fourth-order valence-electron chi connectivity index (χ4n) is 3.85. The largest absolute Gasteiger partial charge is 0.490 e. The highest BCUT2D eigenvalue weighted by Gasteiger charge is 2.32. The number of rotatable bonds is 3. The zero-order valence-electron chi connectivity index (χ0n) is 15.7. The Morgan fingerprint density at radius 2 is 1.89 bits per heavy atom. The third-order valence-electron chi connectivity index (χ3n) is 5.32. The van der Waals surface area contributed by atoms with Crippen LogP contribution < -0.4 is 9.47 Å². The second-order valence-electron chi connectivity index (χ2n) is 7.17. The first-order chi connectivity index (χ1) is 13.5. The number of carbonyl (C=O) groups excluding carboxylic acids is 1. The van der Waals surface area contributed by atoms with E-state index in [2.05, 4.69) is 0 Å². The summed E-state index contributed by atoms with van der Waals surface area (Å²) in [6, 6.07) is 10.4. The number of likely N-dealkylation sites (tertiary alicyclic amines) is 1. The van der Waals surface area contributed by atoms with E-state index in [0.29, 0.717) is 36.6 Å². The van der Waals surface area contributed by atoms with Gasteiger partial charge < -0.3 is 14.4 Å². The van der Waals surface area contributed by atoms with Gasteiger partial charge in [-0.2, -0.15) is 0 Å². The topological polar surface area (TPSA) is 81.9 Å². The SMILES string of the molecule is Cc1ccc(C(=O)N2CCCC2c2ccc3c(c2)OCCCO3)cc1[N+](=O)[O-]. The molecule has 2 aliphatic heterocycles. The zero-order valence-corrected chi connectivity index (χ0v) is 15.7. The van der Waals surface area contributed by atoms with Crippen molar-refractivity contribution in [2.45, 2.75) is 32.2 Å². The number of hydrogen-bond acceptors (Lipinski definition) is 5. The van der Waals surface area contributed by atoms with Gasteiger partial charge in [-0.3, -0.25) is 14.9 Å². The van der Waals surface area contributed by atoms with E-state index in [4.69, 9.17) is 9.47 Å². The molecule has 0 radical (unpaired) electrons. The van der Waals surface area contributed by atoms with Crippen molar-refractivity contribution in [2.24, 2.45) is 0 Å². The van der Waals surface area contributed by atoms with E-state index in [-0.39, 0.29) is 17.6 Å². The van der Waals surface area contributed by atoms with Crippen molar-refractivity contribution < 1.29 is 19.2 Å². The van der Waals surface area contributed by atoms with Crippen LogP contribution in [0.1, 0.15) is 46.8 Å². The summed E-state index contributed by atoms with van der Waals surface area (Å²) in [4.78, 5) is 25.7. The Morgan fingerprint density at radius 1 is 1.11 bits per heavy atom. The third kappa shape index (κ3) is 3.40. The van der Waals surface area contributed by atoms with E-state index < -0.39 is 4.92 Å². The molecule has 28 heavy (non-hydrogen) atoms. The summed E-state index contributed by atoms with van der Waals surface area (Å²) in [6.45, 7) is 3.53. The summed E-state index contributed by atoms with van der Waals surface area (Å²) in [5, 5.41) is 11.2. The monoisotopic (exact) mass is 382 g/mol. The van der Waals surface area contributed by atoms with E-state index in [1.54, 1.807) is 24.0 Å². The van der Waals surface area contributed by atoms with E-state index in [0.717, 1.165) is 30.6 Å². The Bertz CT molecular complexity index is 927. The molecular weight excluding hydrogens is 360 g/mol. The molecule has 0 aromatic heterocycles. The van der Waals surface area contributed by atoms with Crippen molar-refractivity contribution in [3.63, 3.8) is 0 Å². The number of nitrogens with zero attached hydrogens (tertiary/aromatic N) is 2. The second-order valence-corrected chi connectivity index (χ2v) is 7.17. The number of fused-ring (bicyclic) bond motifs is 1. The average Bonchev–Trinajstić information content (AvgIpc) is 3.06. The van der Waals surface area contributed by atoms with Crippen molar-refractivity contribution in [1.29, 1.82) is 0 Å². The number of nitro benzene ring substituents is 1. The van der Waals surface area contributed by atoms with Crippen molar-refractivity contribution in [3.8, 4) is 11.5 Å². The molecule has 0 bridgehead atoms. The van der Waals surface area contributed by atoms with E-state index in [1.165, 1.54) is 6.07 Å². The molecule has 0 spiro atoms. The minimum atomic E-state index is -0.447. The van der Waals surface area contributed by atoms with Gasteiger partial charge in [-0.05, 0) is 43.5 Å². The summed E-state index contributed by atoms with van der Waals surface area (Å²) in [7, 11) is 0. The number of benzene rings is 2. The lowest BCUT2D eigenvalue weighted by molar-refractivity contribution is -0.385. The van der Waals surface area contributed by atoms with Gasteiger partial charge in [0.25, 0.3) is 11.6 Å². The molecular formula is C21H22N2O5. The average molecular weight is 382 g/mol. The fourth-order valence-corrected chi connectivity index (χ4v) is 3.85. The Kier molecular flexibility index (Phi) is 4.90. The van der Waals surface area contributed by atoms with Crippen LogP contribution in [0.25, 0.3) is 0 Å². The predicted molar refractivity (Wildman–Crippen MR) is 103 cm³/mol. The molecule has 0 saturated carbocycles. The molecule has 1 unspecified atom stereocenters. The van der Waals surface area contributed by atoms with Gasteiger partial charge in [0, 0.05) is 30.2 Å². The summed E-state index contributed by atoms with van der Waals surface area (Å²) in [5.74, 6) is 1.25. The predicted octanol–water partition coefficient (Wildman–Crippen LogP) is 4.04. The quantitative estimate of drug-likeness (QED) is 0.591. The molecule has 1 amide bonds. The fraction of sp³-hybridized carbons (Fsp3) is 0.381. The van der Waals surface area contributed by atoms with E-state index in [9.17, 15) is 14.9 Å². The number of hydrogen-bond donors (Lipinski definition) is 0. The number of ether oxygens (including phenoxy) is 2. The van der Waals surface area contributed by atoms with E-state index in [1.807, 2.05) is 18.2 Å². The minimum Gasteiger partial charge on any atom is -0.490 e. The molecule has 2 heterocycles. The molecule has 2 aromatic carbocycles. The molecule has 7 heteroatoms. The maximum absolute atomic E-state index is 13.1. The molecule has 7 nitrogen and oxygen atoms in total. The van der Waals surface area contributed by atoms with Crippen LogP contribution in [0.3, 0.4) is 0 Å². The number of aryl methyl sites for hydroxylation is 1. The molecule has 0 aliphatic carbocycles. The van der Waals surface area contributed by atoms with Gasteiger partial charge in [-0.15, -0.1) is 0 Å². The summed E-state index contributed by atoms with van der Waals surface area (Å²) in [5.41, 5.74) is 1.86. The lowest BCUT2D eigenvalue weighted by Gasteiger charge is -2.26. The van der Waals surface area contributed by atoms with Crippen LogP contribution >= 0.6 is 0 Å². The van der Waals surface area contributed by atoms with Crippen molar-refractivity contribution in [2.75, 3.05) is 19.8 Å². The Labute approximate surface area is 163 Å². The van der Waals surface area contributed by atoms with Crippen LogP contribution in [0, 0.1) is 17.0 Å². The van der Waals surface area contributed by atoms with Crippen molar-refractivity contribution >= 4 is 11.6 Å². The highest BCUT2D eigenvalue weighted by Crippen LogP contribution is 2.38. The van der Waals surface area contributed by atoms with Gasteiger partial charge in [0.05, 0.1) is 24.2 Å². The molecule has 0 N–H and O–H groups in total. The van der Waals surface area contributed by atoms with Gasteiger partial charge in [0.2, 0.25) is 0 Å². The maximum atomic E-state index is 13.1. The van der Waals surface area contributed by atoms with Gasteiger partial charge >= 0.3 is 0 Å². The molecule has 1 saturated heterocycles. The number of amides is 1. The van der Waals surface area contributed by atoms with Gasteiger partial charge in [0.1, 0.15) is 0 Å². The summed E-state index contributed by atoms with van der Waals surface area (Å²) >= 11 is 0. The third-order valence-corrected chi connectivity index (χ3v) is 5.32. The normalized spacial score (nSPS) is 18.6. The lowest BCUT2D eigenvalue weighted by atomic mass is 10.0. The maximum Gasteiger partial charge on any atom is 0.273 e. The number of carbonyl (C=O) groups is 1. The van der Waals surface area contributed by atoms with Crippen molar-refractivity contribution in [1.82, 2.24) is 4.90 Å². The smallest absolute Gasteiger partial charge is 0.273 e. The highest BCUT2D eigenvalue weighted by atomic mass is 16.6. The number of nitro groups is 1. The lowest BCUT2D eigenvalue weighted by Crippen LogP contribution is -2.30. The second kappa shape index (κ2) is 7.50. The van der Waals surface area contributed by atoms with Crippen LogP contribution in [0.5, 0.6) is 11.5 Å². The van der Waals surface area contributed by atoms with Gasteiger partial charge in [-0.1, -0.05) is 12.1 Å². The molecule has 1 atom stereocenters. The summed E-state index contributed by atoms with van der Waals surface area (Å²) in [6.07, 6.45) is 2.57. The van der Waals surface area contributed by atoms with Crippen LogP contribution in [-0.4, -0.2) is 35.5 Å². The van der Waals surface area contributed by atoms with Crippen LogP contribution in [0.15, 0.2) is 36.4 Å². The molecule has 1 fully saturated rings. The first kappa shape index (κ1) is 18.3. The Hall–Kier alpha value is -3.09. The highest BCUT2D eigenvalue weighted by molar-refractivity contribution is 5.95. The van der Waals surface area contributed by atoms with Crippen LogP contribution in [-0.2, 0) is 0 Å². The zero-order chi connectivity index (χ0) is 19.7. The first-order valence-corrected chi connectivity index (χ1v) is 9.50. The Balaban J connectivity index is 1.62. The summed E-state index contributed by atoms with van der Waals surface area (Å²) < 4.78 is 11.5. The minimum absolute atomic E-state index is 0.0304. The van der Waals surface area contributed by atoms with Crippen LogP contribution in [0.2, 0.25) is 0 Å². The van der Waals surface area contributed by atoms with Crippen LogP contribution in [0.4, 0.5) is 5.69 Å². The molecule has 2 aromatic rings. The van der Waals surface area contributed by atoms with E-state index >= 15 is 0 Å². The molecule has 146 valence electrons.